The summed E-state index contributed by atoms with van der Waals surface area (Å²) in [6.45, 7) is 14.3. The van der Waals surface area contributed by atoms with Crippen LogP contribution in [-0.2, 0) is 0 Å². The molecule has 0 saturated heterocycles. The number of rotatable bonds is 9. The van der Waals surface area contributed by atoms with Crippen molar-refractivity contribution < 1.29 is 0 Å². The normalized spacial score (nSPS) is 14.4. The van der Waals surface area contributed by atoms with E-state index in [4.69, 9.17) is 0 Å². The fourth-order valence-corrected chi connectivity index (χ4v) is 3.04. The van der Waals surface area contributed by atoms with Crippen LogP contribution in [0.25, 0.3) is 0 Å². The maximum atomic E-state index is 2.44. The molecule has 98 valence electrons. The van der Waals surface area contributed by atoms with Gasteiger partial charge in [0.25, 0.3) is 0 Å². The first-order chi connectivity index (χ1) is 7.45. The molecule has 0 spiro atoms. The summed E-state index contributed by atoms with van der Waals surface area (Å²) in [5.74, 6) is 1.87. The molecule has 0 saturated carbocycles. The van der Waals surface area contributed by atoms with Gasteiger partial charge in [-0.05, 0) is 30.1 Å². The first kappa shape index (κ1) is 16.0. The van der Waals surface area contributed by atoms with Crippen molar-refractivity contribution in [3.63, 3.8) is 0 Å². The fourth-order valence-electron chi connectivity index (χ4n) is 3.04. The van der Waals surface area contributed by atoms with Crippen molar-refractivity contribution in [2.75, 3.05) is 0 Å². The molecule has 0 fully saturated rings. The minimum absolute atomic E-state index is 0.558. The molecule has 0 amide bonds. The minimum Gasteiger partial charge on any atom is -0.0654 e. The van der Waals surface area contributed by atoms with Gasteiger partial charge in [-0.3, -0.25) is 0 Å². The molecule has 0 aliphatic heterocycles. The van der Waals surface area contributed by atoms with E-state index in [-0.39, 0.29) is 0 Å². The van der Waals surface area contributed by atoms with E-state index in [9.17, 15) is 0 Å². The third-order valence-electron chi connectivity index (χ3n) is 4.05. The van der Waals surface area contributed by atoms with Crippen molar-refractivity contribution in [1.82, 2.24) is 0 Å². The maximum Gasteiger partial charge on any atom is -0.0352 e. The molecule has 0 aromatic rings. The molecular formula is C16H34. The van der Waals surface area contributed by atoms with Crippen LogP contribution in [0.2, 0.25) is 0 Å². The lowest BCUT2D eigenvalue weighted by molar-refractivity contribution is 0.237. The van der Waals surface area contributed by atoms with Crippen LogP contribution in [-0.4, -0.2) is 0 Å². The third kappa shape index (κ3) is 7.30. The largest absolute Gasteiger partial charge is 0.0654 e. The number of hydrogen-bond acceptors (Lipinski definition) is 0. The molecule has 0 aromatic carbocycles. The number of hydrogen-bond donors (Lipinski definition) is 0. The molecule has 0 rings (SSSR count). The molecule has 1 atom stereocenters. The van der Waals surface area contributed by atoms with E-state index >= 15 is 0 Å². The van der Waals surface area contributed by atoms with Crippen LogP contribution in [0.15, 0.2) is 0 Å². The lowest BCUT2D eigenvalue weighted by Crippen LogP contribution is -2.16. The zero-order chi connectivity index (χ0) is 12.6. The summed E-state index contributed by atoms with van der Waals surface area (Å²) in [7, 11) is 0. The van der Waals surface area contributed by atoms with Gasteiger partial charge in [0.05, 0.1) is 0 Å². The van der Waals surface area contributed by atoms with Crippen LogP contribution in [0.3, 0.4) is 0 Å². The summed E-state index contributed by atoms with van der Waals surface area (Å²) in [6.07, 6.45) is 9.70. The Labute approximate surface area is 104 Å². The summed E-state index contributed by atoms with van der Waals surface area (Å²) in [6, 6.07) is 0. The molecule has 0 heterocycles. The average Bonchev–Trinajstić information content (AvgIpc) is 2.18. The minimum atomic E-state index is 0.558. The topological polar surface area (TPSA) is 0 Å². The van der Waals surface area contributed by atoms with Gasteiger partial charge in [-0.25, -0.2) is 0 Å². The molecule has 0 heteroatoms. The van der Waals surface area contributed by atoms with Crippen LogP contribution in [0.1, 0.15) is 86.5 Å². The average molecular weight is 226 g/mol. The summed E-state index contributed by atoms with van der Waals surface area (Å²) in [4.78, 5) is 0. The Morgan fingerprint density at radius 1 is 0.938 bits per heavy atom. The van der Waals surface area contributed by atoms with Gasteiger partial charge in [0.15, 0.2) is 0 Å². The molecule has 0 N–H and O–H groups in total. The quantitative estimate of drug-likeness (QED) is 0.448. The molecule has 0 aromatic heterocycles. The van der Waals surface area contributed by atoms with Gasteiger partial charge in [0, 0.05) is 0 Å². The van der Waals surface area contributed by atoms with Crippen LogP contribution in [0, 0.1) is 17.3 Å². The standard InChI is InChI=1S/C16H34/c1-7-12-16(5,6)13-14(4)10-11-15(8-2)9-3/h14-15H,7-13H2,1-6H3. The first-order valence-electron chi connectivity index (χ1n) is 7.45. The van der Waals surface area contributed by atoms with E-state index in [1.807, 2.05) is 0 Å². The van der Waals surface area contributed by atoms with Gasteiger partial charge in [-0.15, -0.1) is 0 Å². The van der Waals surface area contributed by atoms with Crippen LogP contribution in [0.5, 0.6) is 0 Å². The Balaban J connectivity index is 3.84. The SMILES string of the molecule is CCCC(C)(C)CC(C)CCC(CC)CC. The van der Waals surface area contributed by atoms with E-state index in [0.29, 0.717) is 5.41 Å². The molecule has 0 bridgehead atoms. The lowest BCUT2D eigenvalue weighted by Gasteiger charge is -2.28. The third-order valence-corrected chi connectivity index (χ3v) is 4.05. The molecule has 0 aliphatic rings. The van der Waals surface area contributed by atoms with Crippen molar-refractivity contribution in [2.45, 2.75) is 86.5 Å². The predicted octanol–water partition coefficient (Wildman–Crippen LogP) is 6.06. The van der Waals surface area contributed by atoms with E-state index < -0.39 is 0 Å². The van der Waals surface area contributed by atoms with Crippen LogP contribution in [0.4, 0.5) is 0 Å². The molecule has 0 aliphatic carbocycles. The zero-order valence-corrected chi connectivity index (χ0v) is 12.6. The Bertz CT molecular complexity index is 153. The van der Waals surface area contributed by atoms with Gasteiger partial charge in [-0.1, -0.05) is 73.6 Å². The van der Waals surface area contributed by atoms with Gasteiger partial charge in [0.2, 0.25) is 0 Å². The highest BCUT2D eigenvalue weighted by atomic mass is 14.3. The van der Waals surface area contributed by atoms with Gasteiger partial charge in [0.1, 0.15) is 0 Å². The summed E-state index contributed by atoms with van der Waals surface area (Å²) in [5.41, 5.74) is 0.558. The monoisotopic (exact) mass is 226 g/mol. The lowest BCUT2D eigenvalue weighted by atomic mass is 9.78. The van der Waals surface area contributed by atoms with Crippen LogP contribution >= 0.6 is 0 Å². The Morgan fingerprint density at radius 2 is 1.50 bits per heavy atom. The van der Waals surface area contributed by atoms with Gasteiger partial charge in [-0.2, -0.15) is 0 Å². The Morgan fingerprint density at radius 3 is 1.94 bits per heavy atom. The smallest absolute Gasteiger partial charge is 0.0352 e. The molecular weight excluding hydrogens is 192 g/mol. The van der Waals surface area contributed by atoms with E-state index in [2.05, 4.69) is 41.5 Å². The predicted molar refractivity (Wildman–Crippen MR) is 75.8 cm³/mol. The summed E-state index contributed by atoms with van der Waals surface area (Å²) in [5, 5.41) is 0. The summed E-state index contributed by atoms with van der Waals surface area (Å²) >= 11 is 0. The Kier molecular flexibility index (Phi) is 8.14. The van der Waals surface area contributed by atoms with Crippen LogP contribution < -0.4 is 0 Å². The second kappa shape index (κ2) is 8.14. The van der Waals surface area contributed by atoms with E-state index in [0.717, 1.165) is 11.8 Å². The first-order valence-corrected chi connectivity index (χ1v) is 7.45. The van der Waals surface area contributed by atoms with Crippen molar-refractivity contribution in [3.8, 4) is 0 Å². The van der Waals surface area contributed by atoms with Gasteiger partial charge >= 0.3 is 0 Å². The molecule has 16 heavy (non-hydrogen) atoms. The van der Waals surface area contributed by atoms with Gasteiger partial charge < -0.3 is 0 Å². The zero-order valence-electron chi connectivity index (χ0n) is 12.6. The summed E-state index contributed by atoms with van der Waals surface area (Å²) < 4.78 is 0. The van der Waals surface area contributed by atoms with Crippen molar-refractivity contribution in [3.05, 3.63) is 0 Å². The molecule has 0 nitrogen and oxygen atoms in total. The highest BCUT2D eigenvalue weighted by Crippen LogP contribution is 2.33. The van der Waals surface area contributed by atoms with Crippen molar-refractivity contribution >= 4 is 0 Å². The highest BCUT2D eigenvalue weighted by molar-refractivity contribution is 4.72. The fraction of sp³-hybridized carbons (Fsp3) is 1.00. The Hall–Kier alpha value is 0. The van der Waals surface area contributed by atoms with E-state index in [1.165, 1.54) is 44.9 Å². The van der Waals surface area contributed by atoms with Crippen molar-refractivity contribution in [2.24, 2.45) is 17.3 Å². The molecule has 1 unspecified atom stereocenters. The van der Waals surface area contributed by atoms with E-state index in [1.54, 1.807) is 0 Å². The second-order valence-electron chi connectivity index (χ2n) is 6.48. The highest BCUT2D eigenvalue weighted by Gasteiger charge is 2.20. The van der Waals surface area contributed by atoms with Crippen molar-refractivity contribution in [1.29, 1.82) is 0 Å². The second-order valence-corrected chi connectivity index (χ2v) is 6.48. The molecule has 0 radical (unpaired) electrons. The maximum absolute atomic E-state index is 2.44.